The Kier molecular flexibility index (Phi) is 5.13. The van der Waals surface area contributed by atoms with Crippen molar-refractivity contribution in [2.75, 3.05) is 7.11 Å². The number of hydrogen-bond acceptors (Lipinski definition) is 3. The summed E-state index contributed by atoms with van der Waals surface area (Å²) in [4.78, 5) is 12.6. The molecule has 5 nitrogen and oxygen atoms in total. The largest absolute Gasteiger partial charge is 0.381 e. The maximum Gasteiger partial charge on any atom is 0.254 e. The van der Waals surface area contributed by atoms with Gasteiger partial charge in [-0.2, -0.15) is 5.10 Å². The predicted octanol–water partition coefficient (Wildman–Crippen LogP) is 3.14. The second-order valence-electron chi connectivity index (χ2n) is 6.72. The van der Waals surface area contributed by atoms with Crippen molar-refractivity contribution in [2.45, 2.75) is 75.9 Å². The summed E-state index contributed by atoms with van der Waals surface area (Å²) in [6.45, 7) is 0. The van der Waals surface area contributed by atoms with Gasteiger partial charge in [0.1, 0.15) is 0 Å². The molecule has 1 aromatic rings. The maximum atomic E-state index is 12.6. The van der Waals surface area contributed by atoms with Crippen LogP contribution >= 0.6 is 0 Å². The average molecular weight is 305 g/mol. The lowest BCUT2D eigenvalue weighted by Gasteiger charge is -2.28. The third-order valence-corrected chi connectivity index (χ3v) is 5.27. The monoisotopic (exact) mass is 305 g/mol. The van der Waals surface area contributed by atoms with Crippen molar-refractivity contribution in [2.24, 2.45) is 0 Å². The Labute approximate surface area is 132 Å². The van der Waals surface area contributed by atoms with E-state index in [1.807, 2.05) is 0 Å². The smallest absolute Gasteiger partial charge is 0.254 e. The Balaban J connectivity index is 1.60. The SMILES string of the molecule is COC1CCC(NC(=O)c2cn[nH]c2C2CCCCC2)CC1. The van der Waals surface area contributed by atoms with E-state index in [4.69, 9.17) is 4.74 Å². The number of methoxy groups -OCH3 is 1. The molecule has 2 saturated carbocycles. The summed E-state index contributed by atoms with van der Waals surface area (Å²) in [5.74, 6) is 0.511. The van der Waals surface area contributed by atoms with Gasteiger partial charge in [0.2, 0.25) is 0 Å². The van der Waals surface area contributed by atoms with Crippen LogP contribution in [0, 0.1) is 0 Å². The van der Waals surface area contributed by atoms with E-state index >= 15 is 0 Å². The van der Waals surface area contributed by atoms with Gasteiger partial charge in [-0.1, -0.05) is 19.3 Å². The summed E-state index contributed by atoms with van der Waals surface area (Å²) in [7, 11) is 1.77. The predicted molar refractivity (Wildman–Crippen MR) is 84.9 cm³/mol. The van der Waals surface area contributed by atoms with Crippen LogP contribution in [0.15, 0.2) is 6.20 Å². The number of hydrogen-bond donors (Lipinski definition) is 2. The third kappa shape index (κ3) is 3.51. The number of aromatic nitrogens is 2. The van der Waals surface area contributed by atoms with E-state index in [9.17, 15) is 4.79 Å². The average Bonchev–Trinajstić information content (AvgIpc) is 3.06. The van der Waals surface area contributed by atoms with Gasteiger partial charge >= 0.3 is 0 Å². The third-order valence-electron chi connectivity index (χ3n) is 5.27. The van der Waals surface area contributed by atoms with Gasteiger partial charge < -0.3 is 10.1 Å². The van der Waals surface area contributed by atoms with Crippen LogP contribution in [0.25, 0.3) is 0 Å². The molecule has 3 rings (SSSR count). The molecule has 5 heteroatoms. The fraction of sp³-hybridized carbons (Fsp3) is 0.765. The van der Waals surface area contributed by atoms with Crippen LogP contribution in [0.3, 0.4) is 0 Å². The molecule has 2 fully saturated rings. The summed E-state index contributed by atoms with van der Waals surface area (Å²) < 4.78 is 5.39. The maximum absolute atomic E-state index is 12.6. The summed E-state index contributed by atoms with van der Waals surface area (Å²) in [6.07, 6.45) is 12.3. The molecule has 2 aliphatic carbocycles. The van der Waals surface area contributed by atoms with Crippen LogP contribution in [0.5, 0.6) is 0 Å². The molecule has 0 radical (unpaired) electrons. The minimum Gasteiger partial charge on any atom is -0.381 e. The molecule has 0 bridgehead atoms. The van der Waals surface area contributed by atoms with E-state index in [0.717, 1.165) is 36.9 Å². The highest BCUT2D eigenvalue weighted by atomic mass is 16.5. The second kappa shape index (κ2) is 7.27. The number of carbonyl (C=O) groups is 1. The molecule has 2 N–H and O–H groups in total. The summed E-state index contributed by atoms with van der Waals surface area (Å²) in [5, 5.41) is 10.4. The standard InChI is InChI=1S/C17H27N3O2/c1-22-14-9-7-13(8-10-14)19-17(21)15-11-18-20-16(15)12-5-3-2-4-6-12/h11-14H,2-10H2,1H3,(H,18,20)(H,19,21). The molecule has 1 amide bonds. The quantitative estimate of drug-likeness (QED) is 0.898. The zero-order valence-corrected chi connectivity index (χ0v) is 13.4. The molecule has 0 aliphatic heterocycles. The summed E-state index contributed by atoms with van der Waals surface area (Å²) >= 11 is 0. The van der Waals surface area contributed by atoms with Gasteiger partial charge in [0.15, 0.2) is 0 Å². The number of nitrogens with zero attached hydrogens (tertiary/aromatic N) is 1. The summed E-state index contributed by atoms with van der Waals surface area (Å²) in [6, 6.07) is 0.271. The fourth-order valence-electron chi connectivity index (χ4n) is 3.89. The molecule has 2 aliphatic rings. The van der Waals surface area contributed by atoms with Crippen LogP contribution in [-0.2, 0) is 4.74 Å². The molecular weight excluding hydrogens is 278 g/mol. The van der Waals surface area contributed by atoms with Crippen molar-refractivity contribution in [1.82, 2.24) is 15.5 Å². The zero-order chi connectivity index (χ0) is 15.4. The Morgan fingerprint density at radius 1 is 1.18 bits per heavy atom. The van der Waals surface area contributed by atoms with Crippen molar-refractivity contribution in [1.29, 1.82) is 0 Å². The number of ether oxygens (including phenoxy) is 1. The van der Waals surface area contributed by atoms with Crippen molar-refractivity contribution < 1.29 is 9.53 Å². The lowest BCUT2D eigenvalue weighted by molar-refractivity contribution is 0.0599. The van der Waals surface area contributed by atoms with Crippen molar-refractivity contribution in [3.63, 3.8) is 0 Å². The first kappa shape index (κ1) is 15.5. The van der Waals surface area contributed by atoms with Gasteiger partial charge in [0.25, 0.3) is 5.91 Å². The number of nitrogens with one attached hydrogen (secondary N) is 2. The first-order valence-corrected chi connectivity index (χ1v) is 8.65. The normalized spacial score (nSPS) is 26.8. The fourth-order valence-corrected chi connectivity index (χ4v) is 3.89. The molecular formula is C17H27N3O2. The van der Waals surface area contributed by atoms with Gasteiger partial charge in [-0.25, -0.2) is 0 Å². The Hall–Kier alpha value is -1.36. The highest BCUT2D eigenvalue weighted by Crippen LogP contribution is 2.33. The van der Waals surface area contributed by atoms with E-state index in [1.165, 1.54) is 32.1 Å². The number of amides is 1. The molecule has 0 saturated heterocycles. The molecule has 0 aromatic carbocycles. The first-order valence-electron chi connectivity index (χ1n) is 8.65. The Bertz CT molecular complexity index is 486. The van der Waals surface area contributed by atoms with Gasteiger partial charge in [-0.05, 0) is 38.5 Å². The Morgan fingerprint density at radius 2 is 1.91 bits per heavy atom. The molecule has 1 aromatic heterocycles. The molecule has 1 heterocycles. The number of rotatable bonds is 4. The minimum absolute atomic E-state index is 0.0372. The van der Waals surface area contributed by atoms with Gasteiger partial charge in [-0.15, -0.1) is 0 Å². The van der Waals surface area contributed by atoms with Gasteiger partial charge in [0, 0.05) is 19.1 Å². The van der Waals surface area contributed by atoms with Crippen LogP contribution in [-0.4, -0.2) is 35.4 Å². The zero-order valence-electron chi connectivity index (χ0n) is 13.4. The van der Waals surface area contributed by atoms with Crippen molar-refractivity contribution in [3.8, 4) is 0 Å². The lowest BCUT2D eigenvalue weighted by Crippen LogP contribution is -2.39. The molecule has 0 spiro atoms. The molecule has 0 unspecified atom stereocenters. The summed E-state index contributed by atoms with van der Waals surface area (Å²) in [5.41, 5.74) is 1.79. The minimum atomic E-state index is 0.0372. The Morgan fingerprint density at radius 3 is 2.59 bits per heavy atom. The highest BCUT2D eigenvalue weighted by molar-refractivity contribution is 5.95. The van der Waals surface area contributed by atoms with E-state index < -0.39 is 0 Å². The van der Waals surface area contributed by atoms with Crippen molar-refractivity contribution in [3.05, 3.63) is 17.5 Å². The van der Waals surface area contributed by atoms with Gasteiger partial charge in [0.05, 0.1) is 23.6 Å². The molecule has 0 atom stereocenters. The molecule has 122 valence electrons. The van der Waals surface area contributed by atoms with E-state index in [2.05, 4.69) is 15.5 Å². The number of aromatic amines is 1. The highest BCUT2D eigenvalue weighted by Gasteiger charge is 2.26. The van der Waals surface area contributed by atoms with E-state index in [1.54, 1.807) is 13.3 Å². The van der Waals surface area contributed by atoms with E-state index in [-0.39, 0.29) is 11.9 Å². The first-order chi connectivity index (χ1) is 10.8. The van der Waals surface area contributed by atoms with Gasteiger partial charge in [-0.3, -0.25) is 9.89 Å². The van der Waals surface area contributed by atoms with Crippen LogP contribution < -0.4 is 5.32 Å². The van der Waals surface area contributed by atoms with E-state index in [0.29, 0.717) is 12.0 Å². The molecule has 22 heavy (non-hydrogen) atoms. The number of carbonyl (C=O) groups excluding carboxylic acids is 1. The van der Waals surface area contributed by atoms with Crippen LogP contribution in [0.1, 0.15) is 79.8 Å². The lowest BCUT2D eigenvalue weighted by atomic mass is 9.85. The van der Waals surface area contributed by atoms with Crippen LogP contribution in [0.4, 0.5) is 0 Å². The number of H-pyrrole nitrogens is 1. The topological polar surface area (TPSA) is 67.0 Å². The second-order valence-corrected chi connectivity index (χ2v) is 6.72. The van der Waals surface area contributed by atoms with Crippen LogP contribution in [0.2, 0.25) is 0 Å². The van der Waals surface area contributed by atoms with Crippen molar-refractivity contribution >= 4 is 5.91 Å².